The van der Waals surface area contributed by atoms with Crippen LogP contribution in [-0.4, -0.2) is 17.2 Å². The smallest absolute Gasteiger partial charge is 0.213 e. The lowest BCUT2D eigenvalue weighted by Crippen LogP contribution is -2.22. The van der Waals surface area contributed by atoms with Gasteiger partial charge in [0.2, 0.25) is 5.88 Å². The van der Waals surface area contributed by atoms with Gasteiger partial charge in [0, 0.05) is 6.07 Å². The summed E-state index contributed by atoms with van der Waals surface area (Å²) in [5.41, 5.74) is 0.746. The van der Waals surface area contributed by atoms with Gasteiger partial charge in [-0.25, -0.2) is 4.98 Å². The van der Waals surface area contributed by atoms with Crippen molar-refractivity contribution in [3.05, 3.63) is 23.9 Å². The summed E-state index contributed by atoms with van der Waals surface area (Å²) >= 11 is 0. The van der Waals surface area contributed by atoms with Gasteiger partial charge in [-0.3, -0.25) is 0 Å². The Morgan fingerprint density at radius 3 is 3.00 bits per heavy atom. The molecule has 0 bridgehead atoms. The zero-order chi connectivity index (χ0) is 13.0. The van der Waals surface area contributed by atoms with Gasteiger partial charge in [0.15, 0.2) is 0 Å². The molecule has 1 fully saturated rings. The lowest BCUT2D eigenvalue weighted by molar-refractivity contribution is 0.0641. The summed E-state index contributed by atoms with van der Waals surface area (Å²) in [6.45, 7) is 2.24. The third kappa shape index (κ3) is 3.02. The maximum Gasteiger partial charge on any atom is 0.213 e. The van der Waals surface area contributed by atoms with Crippen LogP contribution in [0.5, 0.6) is 5.88 Å². The van der Waals surface area contributed by atoms with E-state index >= 15 is 0 Å². The molecule has 18 heavy (non-hydrogen) atoms. The maximum absolute atomic E-state index is 10.5. The molecule has 100 valence electrons. The van der Waals surface area contributed by atoms with Crippen LogP contribution in [0.15, 0.2) is 18.2 Å². The molecule has 1 aromatic heterocycles. The number of rotatable bonds is 4. The Kier molecular flexibility index (Phi) is 4.59. The van der Waals surface area contributed by atoms with E-state index in [1.54, 1.807) is 7.11 Å². The standard InChI is InChI=1S/C15H23NO2/c1-3-11-6-4-7-12(10-11)15(17)13-8-5-9-14(16-13)18-2/h5,8-9,11-12,15,17H,3-4,6-7,10H2,1-2H3. The van der Waals surface area contributed by atoms with Crippen LogP contribution in [0.1, 0.15) is 50.8 Å². The summed E-state index contributed by atoms with van der Waals surface area (Å²) < 4.78 is 5.11. The lowest BCUT2D eigenvalue weighted by atomic mass is 9.77. The first kappa shape index (κ1) is 13.3. The number of hydrogen-bond donors (Lipinski definition) is 1. The average Bonchev–Trinajstić information content (AvgIpc) is 2.46. The van der Waals surface area contributed by atoms with Crippen molar-refractivity contribution < 1.29 is 9.84 Å². The number of aliphatic hydroxyl groups excluding tert-OH is 1. The fourth-order valence-electron chi connectivity index (χ4n) is 2.94. The van der Waals surface area contributed by atoms with Crippen molar-refractivity contribution in [2.24, 2.45) is 11.8 Å². The molecule has 1 aromatic rings. The summed E-state index contributed by atoms with van der Waals surface area (Å²) in [5, 5.41) is 10.5. The van der Waals surface area contributed by atoms with Gasteiger partial charge < -0.3 is 9.84 Å². The minimum atomic E-state index is -0.450. The zero-order valence-electron chi connectivity index (χ0n) is 11.3. The van der Waals surface area contributed by atoms with E-state index in [9.17, 15) is 5.11 Å². The molecule has 3 heteroatoms. The van der Waals surface area contributed by atoms with Crippen LogP contribution in [-0.2, 0) is 0 Å². The number of hydrogen-bond acceptors (Lipinski definition) is 3. The highest BCUT2D eigenvalue weighted by Gasteiger charge is 2.28. The Labute approximate surface area is 109 Å². The Morgan fingerprint density at radius 2 is 2.28 bits per heavy atom. The predicted molar refractivity (Wildman–Crippen MR) is 71.5 cm³/mol. The van der Waals surface area contributed by atoms with E-state index in [0.717, 1.165) is 24.5 Å². The fraction of sp³-hybridized carbons (Fsp3) is 0.667. The maximum atomic E-state index is 10.5. The molecule has 0 spiro atoms. The molecule has 0 radical (unpaired) electrons. The van der Waals surface area contributed by atoms with E-state index in [-0.39, 0.29) is 0 Å². The molecule has 3 unspecified atom stereocenters. The van der Waals surface area contributed by atoms with Crippen molar-refractivity contribution in [2.75, 3.05) is 7.11 Å². The predicted octanol–water partition coefficient (Wildman–Crippen LogP) is 3.34. The van der Waals surface area contributed by atoms with Gasteiger partial charge in [-0.2, -0.15) is 0 Å². The van der Waals surface area contributed by atoms with E-state index in [0.29, 0.717) is 11.8 Å². The largest absolute Gasteiger partial charge is 0.481 e. The quantitative estimate of drug-likeness (QED) is 0.890. The van der Waals surface area contributed by atoms with Gasteiger partial charge in [0.05, 0.1) is 18.9 Å². The van der Waals surface area contributed by atoms with Crippen LogP contribution in [0, 0.1) is 11.8 Å². The minimum absolute atomic E-state index is 0.350. The number of methoxy groups -OCH3 is 1. The lowest BCUT2D eigenvalue weighted by Gasteiger charge is -2.31. The molecular formula is C15H23NO2. The van der Waals surface area contributed by atoms with Crippen molar-refractivity contribution >= 4 is 0 Å². The minimum Gasteiger partial charge on any atom is -0.481 e. The second kappa shape index (κ2) is 6.19. The number of nitrogens with zero attached hydrogens (tertiary/aromatic N) is 1. The molecular weight excluding hydrogens is 226 g/mol. The van der Waals surface area contributed by atoms with Crippen molar-refractivity contribution in [3.8, 4) is 5.88 Å². The van der Waals surface area contributed by atoms with E-state index < -0.39 is 6.10 Å². The topological polar surface area (TPSA) is 42.4 Å². The van der Waals surface area contributed by atoms with Crippen LogP contribution in [0.2, 0.25) is 0 Å². The summed E-state index contributed by atoms with van der Waals surface area (Å²) in [6, 6.07) is 5.60. The van der Waals surface area contributed by atoms with E-state index in [4.69, 9.17) is 4.74 Å². The second-order valence-electron chi connectivity index (χ2n) is 5.25. The molecule has 1 saturated carbocycles. The van der Waals surface area contributed by atoms with Gasteiger partial charge in [0.1, 0.15) is 0 Å². The first-order chi connectivity index (χ1) is 8.74. The molecule has 0 aromatic carbocycles. The van der Waals surface area contributed by atoms with E-state index in [2.05, 4.69) is 11.9 Å². The summed E-state index contributed by atoms with van der Waals surface area (Å²) in [6.07, 6.45) is 5.53. The number of ether oxygens (including phenoxy) is 1. The molecule has 1 heterocycles. The van der Waals surface area contributed by atoms with Crippen LogP contribution in [0.25, 0.3) is 0 Å². The normalized spacial score (nSPS) is 25.7. The second-order valence-corrected chi connectivity index (χ2v) is 5.25. The first-order valence-electron chi connectivity index (χ1n) is 6.93. The highest BCUT2D eigenvalue weighted by molar-refractivity contribution is 5.17. The molecule has 3 atom stereocenters. The van der Waals surface area contributed by atoms with Crippen LogP contribution >= 0.6 is 0 Å². The Balaban J connectivity index is 2.07. The van der Waals surface area contributed by atoms with Gasteiger partial charge >= 0.3 is 0 Å². The fourth-order valence-corrected chi connectivity index (χ4v) is 2.94. The molecule has 0 saturated heterocycles. The number of aliphatic hydroxyl groups is 1. The summed E-state index contributed by atoms with van der Waals surface area (Å²) in [5.74, 6) is 1.70. The highest BCUT2D eigenvalue weighted by Crippen LogP contribution is 2.38. The van der Waals surface area contributed by atoms with E-state index in [1.807, 2.05) is 18.2 Å². The molecule has 3 nitrogen and oxygen atoms in total. The van der Waals surface area contributed by atoms with Crippen molar-refractivity contribution in [1.29, 1.82) is 0 Å². The molecule has 1 N–H and O–H groups in total. The van der Waals surface area contributed by atoms with Gasteiger partial charge in [0.25, 0.3) is 0 Å². The van der Waals surface area contributed by atoms with Crippen LogP contribution in [0.3, 0.4) is 0 Å². The first-order valence-corrected chi connectivity index (χ1v) is 6.93. The Morgan fingerprint density at radius 1 is 1.44 bits per heavy atom. The summed E-state index contributed by atoms with van der Waals surface area (Å²) in [4.78, 5) is 4.34. The monoisotopic (exact) mass is 249 g/mol. The molecule has 1 aliphatic carbocycles. The van der Waals surface area contributed by atoms with Gasteiger partial charge in [-0.15, -0.1) is 0 Å². The van der Waals surface area contributed by atoms with Crippen molar-refractivity contribution in [2.45, 2.75) is 45.1 Å². The summed E-state index contributed by atoms with van der Waals surface area (Å²) in [7, 11) is 1.60. The Bertz CT molecular complexity index is 381. The van der Waals surface area contributed by atoms with Crippen LogP contribution in [0.4, 0.5) is 0 Å². The van der Waals surface area contributed by atoms with Crippen molar-refractivity contribution in [3.63, 3.8) is 0 Å². The molecule has 2 rings (SSSR count). The number of aromatic nitrogens is 1. The van der Waals surface area contributed by atoms with Gasteiger partial charge in [-0.05, 0) is 30.7 Å². The molecule has 0 aliphatic heterocycles. The molecule has 1 aliphatic rings. The Hall–Kier alpha value is -1.09. The van der Waals surface area contributed by atoms with Crippen molar-refractivity contribution in [1.82, 2.24) is 4.98 Å². The van der Waals surface area contributed by atoms with Crippen LogP contribution < -0.4 is 4.74 Å². The highest BCUT2D eigenvalue weighted by atomic mass is 16.5. The third-order valence-electron chi connectivity index (χ3n) is 4.10. The SMILES string of the molecule is CCC1CCCC(C(O)c2cccc(OC)n2)C1. The molecule has 0 amide bonds. The zero-order valence-corrected chi connectivity index (χ0v) is 11.3. The van der Waals surface area contributed by atoms with Gasteiger partial charge in [-0.1, -0.05) is 32.3 Å². The number of pyridine rings is 1. The van der Waals surface area contributed by atoms with E-state index in [1.165, 1.54) is 19.3 Å². The third-order valence-corrected chi connectivity index (χ3v) is 4.10. The average molecular weight is 249 g/mol.